The van der Waals surface area contributed by atoms with Gasteiger partial charge in [-0.25, -0.2) is 0 Å². The molecule has 4 rings (SSSR count). The van der Waals surface area contributed by atoms with E-state index in [1.165, 1.54) is 0 Å². The van der Waals surface area contributed by atoms with Crippen LogP contribution in [0.25, 0.3) is 11.0 Å². The number of aliphatic imine (C=N–C) groups is 1. The van der Waals surface area contributed by atoms with Crippen LogP contribution in [0.3, 0.4) is 0 Å². The third kappa shape index (κ3) is 3.94. The number of aryl methyl sites for hydroxylation is 1. The third-order valence-corrected chi connectivity index (χ3v) is 6.07. The zero-order valence-corrected chi connectivity index (χ0v) is 16.9. The maximum atomic E-state index is 13.0. The smallest absolute Gasteiger partial charge is 0.289 e. The molecule has 2 amide bonds. The summed E-state index contributed by atoms with van der Waals surface area (Å²) in [6.45, 7) is 3.45. The average molecular weight is 407 g/mol. The van der Waals surface area contributed by atoms with Gasteiger partial charge in [0.1, 0.15) is 18.0 Å². The van der Waals surface area contributed by atoms with E-state index in [9.17, 15) is 9.59 Å². The van der Waals surface area contributed by atoms with Crippen LogP contribution in [0.2, 0.25) is 0 Å². The second-order valence-corrected chi connectivity index (χ2v) is 8.11. The van der Waals surface area contributed by atoms with Crippen molar-refractivity contribution in [1.29, 1.82) is 0 Å². The Morgan fingerprint density at radius 2 is 2.17 bits per heavy atom. The number of nitrogens with zero attached hydrogens (tertiary/aromatic N) is 2. The van der Waals surface area contributed by atoms with Crippen LogP contribution < -0.4 is 5.32 Å². The summed E-state index contributed by atoms with van der Waals surface area (Å²) in [6, 6.07) is 7.70. The maximum absolute atomic E-state index is 13.0. The van der Waals surface area contributed by atoms with Gasteiger partial charge in [0.25, 0.3) is 11.1 Å². The number of carbonyl (C=O) groups excluding carboxylic acids is 2. The highest BCUT2D eigenvalue weighted by molar-refractivity contribution is 8.18. The first-order chi connectivity index (χ1) is 14.1. The molecule has 0 atom stereocenters. The molecule has 1 aromatic heterocycles. The fraction of sp³-hybridized carbons (Fsp3) is 0.318. The number of nitrogens with one attached hydrogen (secondary N) is 1. The largest absolute Gasteiger partial charge is 0.451 e. The number of para-hydroxylation sites is 1. The van der Waals surface area contributed by atoms with Crippen LogP contribution in [0.15, 0.2) is 44.7 Å². The van der Waals surface area contributed by atoms with E-state index in [1.54, 1.807) is 0 Å². The van der Waals surface area contributed by atoms with E-state index < -0.39 is 0 Å². The number of fused-ring (bicyclic) bond motifs is 1. The van der Waals surface area contributed by atoms with Gasteiger partial charge in [0.15, 0.2) is 5.76 Å². The number of piperidine rings is 1. The Morgan fingerprint density at radius 1 is 1.41 bits per heavy atom. The van der Waals surface area contributed by atoms with E-state index in [-0.39, 0.29) is 23.6 Å². The van der Waals surface area contributed by atoms with Crippen molar-refractivity contribution in [2.45, 2.75) is 19.8 Å². The minimum Gasteiger partial charge on any atom is -0.451 e. The van der Waals surface area contributed by atoms with Crippen LogP contribution in [0, 0.1) is 25.2 Å². The molecular formula is C22H21N3O3S. The lowest BCUT2D eigenvalue weighted by Crippen LogP contribution is -2.38. The summed E-state index contributed by atoms with van der Waals surface area (Å²) in [6.07, 6.45) is 8.98. The highest BCUT2D eigenvalue weighted by Crippen LogP contribution is 2.31. The van der Waals surface area contributed by atoms with Gasteiger partial charge in [-0.3, -0.25) is 14.6 Å². The SMILES string of the molecule is C#CCN=C1NC(=O)S/C1=C\C1CCN(C(=O)c2oc3ccccc3c2C)CC1. The quantitative estimate of drug-likeness (QED) is 0.782. The molecule has 0 spiro atoms. The summed E-state index contributed by atoms with van der Waals surface area (Å²) in [5.74, 6) is 3.65. The van der Waals surface area contributed by atoms with Crippen LogP contribution >= 0.6 is 11.8 Å². The van der Waals surface area contributed by atoms with Gasteiger partial charge in [0.2, 0.25) is 0 Å². The standard InChI is InChI=1S/C22H21N3O3S/c1-3-10-23-20-18(29-22(27)24-20)13-15-8-11-25(12-9-15)21(26)19-14(2)16-6-4-5-7-17(16)28-19/h1,4-7,13,15H,8-12H2,2H3,(H,23,24,27)/b18-13-. The summed E-state index contributed by atoms with van der Waals surface area (Å²) in [5, 5.41) is 3.57. The van der Waals surface area contributed by atoms with Gasteiger partial charge in [-0.15, -0.1) is 6.42 Å². The topological polar surface area (TPSA) is 74.9 Å². The van der Waals surface area contributed by atoms with Gasteiger partial charge in [-0.05, 0) is 43.5 Å². The molecule has 0 unspecified atom stereocenters. The molecule has 3 heterocycles. The minimum atomic E-state index is -0.139. The zero-order valence-electron chi connectivity index (χ0n) is 16.1. The number of carbonyl (C=O) groups is 2. The van der Waals surface area contributed by atoms with Crippen molar-refractivity contribution in [3.8, 4) is 12.3 Å². The first kappa shape index (κ1) is 19.3. The van der Waals surface area contributed by atoms with E-state index in [0.29, 0.717) is 24.7 Å². The fourth-order valence-electron chi connectivity index (χ4n) is 3.69. The van der Waals surface area contributed by atoms with Gasteiger partial charge >= 0.3 is 0 Å². The second kappa shape index (κ2) is 8.18. The molecule has 0 saturated carbocycles. The second-order valence-electron chi connectivity index (χ2n) is 7.10. The molecular weight excluding hydrogens is 386 g/mol. The van der Waals surface area contributed by atoms with E-state index in [1.807, 2.05) is 36.1 Å². The molecule has 1 aromatic carbocycles. The third-order valence-electron chi connectivity index (χ3n) is 5.24. The number of hydrogen-bond acceptors (Lipinski definition) is 5. The summed E-state index contributed by atoms with van der Waals surface area (Å²) in [5.41, 5.74) is 1.62. The van der Waals surface area contributed by atoms with Gasteiger partial charge < -0.3 is 14.6 Å². The van der Waals surface area contributed by atoms with E-state index in [0.717, 1.165) is 46.0 Å². The molecule has 148 valence electrons. The number of terminal acetylenes is 1. The van der Waals surface area contributed by atoms with Crippen molar-refractivity contribution in [3.63, 3.8) is 0 Å². The molecule has 6 nitrogen and oxygen atoms in total. The summed E-state index contributed by atoms with van der Waals surface area (Å²) in [4.78, 5) is 31.6. The summed E-state index contributed by atoms with van der Waals surface area (Å²) >= 11 is 1.14. The molecule has 1 N–H and O–H groups in total. The lowest BCUT2D eigenvalue weighted by atomic mass is 9.96. The van der Waals surface area contributed by atoms with Crippen molar-refractivity contribution < 1.29 is 14.0 Å². The van der Waals surface area contributed by atoms with Crippen molar-refractivity contribution in [2.75, 3.05) is 19.6 Å². The van der Waals surface area contributed by atoms with Gasteiger partial charge in [-0.1, -0.05) is 30.2 Å². The highest BCUT2D eigenvalue weighted by atomic mass is 32.2. The highest BCUT2D eigenvalue weighted by Gasteiger charge is 2.29. The molecule has 0 bridgehead atoms. The molecule has 29 heavy (non-hydrogen) atoms. The van der Waals surface area contributed by atoms with E-state index >= 15 is 0 Å². The Bertz CT molecular complexity index is 1070. The van der Waals surface area contributed by atoms with E-state index in [4.69, 9.17) is 10.8 Å². The Labute approximate surface area is 173 Å². The van der Waals surface area contributed by atoms with Crippen LogP contribution in [0.1, 0.15) is 29.0 Å². The number of amidine groups is 1. The molecule has 2 saturated heterocycles. The summed E-state index contributed by atoms with van der Waals surface area (Å²) in [7, 11) is 0. The number of allylic oxidation sites excluding steroid dienone is 1. The van der Waals surface area contributed by atoms with Crippen LogP contribution in [-0.2, 0) is 0 Å². The monoisotopic (exact) mass is 407 g/mol. The molecule has 2 aliphatic heterocycles. The van der Waals surface area contributed by atoms with Gasteiger partial charge in [0.05, 0.1) is 4.91 Å². The number of likely N-dealkylation sites (tertiary alicyclic amines) is 1. The van der Waals surface area contributed by atoms with E-state index in [2.05, 4.69) is 22.3 Å². The fourth-order valence-corrected chi connectivity index (χ4v) is 4.51. The van der Waals surface area contributed by atoms with Crippen molar-refractivity contribution in [3.05, 3.63) is 46.6 Å². The van der Waals surface area contributed by atoms with Crippen molar-refractivity contribution >= 4 is 39.7 Å². The average Bonchev–Trinajstić information content (AvgIpc) is 3.26. The Morgan fingerprint density at radius 3 is 2.90 bits per heavy atom. The minimum absolute atomic E-state index is 0.0619. The first-order valence-corrected chi connectivity index (χ1v) is 10.3. The number of thioether (sulfide) groups is 1. The number of hydrogen-bond donors (Lipinski definition) is 1. The molecule has 0 aliphatic carbocycles. The molecule has 2 aliphatic rings. The lowest BCUT2D eigenvalue weighted by Gasteiger charge is -2.30. The Hall–Kier alpha value is -2.98. The predicted octanol–water partition coefficient (Wildman–Crippen LogP) is 3.97. The van der Waals surface area contributed by atoms with Crippen LogP contribution in [0.5, 0.6) is 0 Å². The lowest BCUT2D eigenvalue weighted by molar-refractivity contribution is 0.0674. The molecule has 0 radical (unpaired) electrons. The van der Waals surface area contributed by atoms with Crippen molar-refractivity contribution in [1.82, 2.24) is 10.2 Å². The maximum Gasteiger partial charge on any atom is 0.289 e. The Kier molecular flexibility index (Phi) is 5.45. The van der Waals surface area contributed by atoms with Crippen molar-refractivity contribution in [2.24, 2.45) is 10.9 Å². The first-order valence-electron chi connectivity index (χ1n) is 9.53. The molecule has 2 fully saturated rings. The molecule has 2 aromatic rings. The summed E-state index contributed by atoms with van der Waals surface area (Å²) < 4.78 is 5.83. The molecule has 7 heteroatoms. The normalized spacial score (nSPS) is 20.4. The van der Waals surface area contributed by atoms with Gasteiger partial charge in [0, 0.05) is 24.0 Å². The number of furan rings is 1. The predicted molar refractivity (Wildman–Crippen MR) is 115 cm³/mol. The Balaban J connectivity index is 1.44. The van der Waals surface area contributed by atoms with Crippen LogP contribution in [-0.4, -0.2) is 41.5 Å². The number of benzene rings is 1. The zero-order chi connectivity index (χ0) is 20.4. The van der Waals surface area contributed by atoms with Crippen LogP contribution in [0.4, 0.5) is 4.79 Å². The van der Waals surface area contributed by atoms with Gasteiger partial charge in [-0.2, -0.15) is 0 Å². The number of amides is 2. The number of rotatable bonds is 3.